The SMILES string of the molecule is CC1CC([NH2+]CCC(=O)c2cccc(O)c2)CC(C)(C)C1.[Cl-]. The van der Waals surface area contributed by atoms with E-state index in [1.165, 1.54) is 19.3 Å². The Morgan fingerprint density at radius 2 is 2.09 bits per heavy atom. The predicted octanol–water partition coefficient (Wildman–Crippen LogP) is -0.253. The average molecular weight is 326 g/mol. The average Bonchev–Trinajstić information content (AvgIpc) is 2.36. The van der Waals surface area contributed by atoms with Crippen molar-refractivity contribution in [2.24, 2.45) is 11.3 Å². The number of halogens is 1. The predicted molar refractivity (Wildman–Crippen MR) is 84.4 cm³/mol. The summed E-state index contributed by atoms with van der Waals surface area (Å²) < 4.78 is 0. The maximum absolute atomic E-state index is 12.1. The molecule has 3 nitrogen and oxygen atoms in total. The zero-order valence-corrected chi connectivity index (χ0v) is 14.6. The van der Waals surface area contributed by atoms with Gasteiger partial charge >= 0.3 is 0 Å². The highest BCUT2D eigenvalue weighted by Crippen LogP contribution is 2.37. The molecule has 1 fully saturated rings. The topological polar surface area (TPSA) is 53.9 Å². The number of ketones is 1. The summed E-state index contributed by atoms with van der Waals surface area (Å²) in [6.45, 7) is 7.87. The molecule has 2 atom stereocenters. The van der Waals surface area contributed by atoms with Crippen LogP contribution in [0.1, 0.15) is 56.8 Å². The number of phenolic OH excluding ortho intramolecular Hbond substituents is 1. The number of phenols is 1. The second kappa shape index (κ2) is 7.98. The number of Topliss-reactive ketones (excluding diaryl/α,β-unsaturated/α-hetero) is 1. The van der Waals surface area contributed by atoms with Gasteiger partial charge in [-0.25, -0.2) is 0 Å². The molecule has 1 aliphatic rings. The number of carbonyl (C=O) groups excluding carboxylic acids is 1. The minimum Gasteiger partial charge on any atom is -1.00 e. The molecule has 124 valence electrons. The Hall–Kier alpha value is -1.06. The molecule has 0 bridgehead atoms. The quantitative estimate of drug-likeness (QED) is 0.733. The maximum Gasteiger partial charge on any atom is 0.168 e. The van der Waals surface area contributed by atoms with E-state index in [1.807, 2.05) is 0 Å². The third-order valence-electron chi connectivity index (χ3n) is 4.46. The number of benzene rings is 1. The molecular formula is C18H28ClNO2. The van der Waals surface area contributed by atoms with E-state index in [9.17, 15) is 9.90 Å². The van der Waals surface area contributed by atoms with E-state index in [0.29, 0.717) is 23.4 Å². The van der Waals surface area contributed by atoms with Crippen molar-refractivity contribution in [1.29, 1.82) is 0 Å². The van der Waals surface area contributed by atoms with Crippen LogP contribution < -0.4 is 17.7 Å². The van der Waals surface area contributed by atoms with Crippen LogP contribution in [-0.4, -0.2) is 23.5 Å². The van der Waals surface area contributed by atoms with Gasteiger partial charge in [-0.2, -0.15) is 0 Å². The molecule has 1 aromatic carbocycles. The largest absolute Gasteiger partial charge is 1.00 e. The standard InChI is InChI=1S/C18H27NO2.ClH/c1-13-9-15(12-18(2,3)11-13)19-8-7-17(21)14-5-4-6-16(20)10-14;/h4-6,10,13,15,19-20H,7-9,11-12H2,1-3H3;1H. The first-order chi connectivity index (χ1) is 9.85. The van der Waals surface area contributed by atoms with Crippen LogP contribution in [0, 0.1) is 11.3 Å². The van der Waals surface area contributed by atoms with Crippen LogP contribution in [0.15, 0.2) is 24.3 Å². The number of quaternary nitrogens is 1. The number of hydrogen-bond donors (Lipinski definition) is 2. The molecule has 1 aliphatic carbocycles. The lowest BCUT2D eigenvalue weighted by atomic mass is 9.70. The molecule has 0 amide bonds. The van der Waals surface area contributed by atoms with Gasteiger partial charge in [0, 0.05) is 18.4 Å². The van der Waals surface area contributed by atoms with Gasteiger partial charge in [-0.15, -0.1) is 0 Å². The minimum atomic E-state index is 0. The molecule has 0 aliphatic heterocycles. The molecular weight excluding hydrogens is 298 g/mol. The highest BCUT2D eigenvalue weighted by Gasteiger charge is 2.33. The molecule has 1 aromatic rings. The zero-order valence-electron chi connectivity index (χ0n) is 13.8. The van der Waals surface area contributed by atoms with Crippen LogP contribution >= 0.6 is 0 Å². The van der Waals surface area contributed by atoms with Gasteiger partial charge in [0.05, 0.1) is 19.0 Å². The molecule has 4 heteroatoms. The van der Waals surface area contributed by atoms with Gasteiger partial charge < -0.3 is 22.8 Å². The second-order valence-electron chi connectivity index (χ2n) is 7.42. The summed E-state index contributed by atoms with van der Waals surface area (Å²) in [7, 11) is 0. The summed E-state index contributed by atoms with van der Waals surface area (Å²) >= 11 is 0. The summed E-state index contributed by atoms with van der Waals surface area (Å²) in [5.74, 6) is 1.05. The number of nitrogens with two attached hydrogens (primary N) is 1. The van der Waals surface area contributed by atoms with Crippen molar-refractivity contribution in [2.75, 3.05) is 6.54 Å². The zero-order chi connectivity index (χ0) is 15.5. The summed E-state index contributed by atoms with van der Waals surface area (Å²) in [6.07, 6.45) is 4.33. The van der Waals surface area contributed by atoms with E-state index in [1.54, 1.807) is 24.3 Å². The van der Waals surface area contributed by atoms with Crippen LogP contribution in [0.25, 0.3) is 0 Å². The van der Waals surface area contributed by atoms with Crippen LogP contribution in [0.5, 0.6) is 5.75 Å². The first-order valence-electron chi connectivity index (χ1n) is 8.01. The van der Waals surface area contributed by atoms with Gasteiger partial charge in [-0.1, -0.05) is 32.9 Å². The lowest BCUT2D eigenvalue weighted by Gasteiger charge is -2.37. The Kier molecular flexibility index (Phi) is 6.89. The van der Waals surface area contributed by atoms with Crippen molar-refractivity contribution in [2.45, 2.75) is 52.5 Å². The van der Waals surface area contributed by atoms with E-state index in [0.717, 1.165) is 12.5 Å². The Morgan fingerprint density at radius 1 is 1.36 bits per heavy atom. The maximum atomic E-state index is 12.1. The molecule has 0 radical (unpaired) electrons. The summed E-state index contributed by atoms with van der Waals surface area (Å²) in [5, 5.41) is 11.8. The number of hydrogen-bond acceptors (Lipinski definition) is 2. The lowest BCUT2D eigenvalue weighted by Crippen LogP contribution is -3.00. The van der Waals surface area contributed by atoms with Crippen molar-refractivity contribution in [3.63, 3.8) is 0 Å². The van der Waals surface area contributed by atoms with Crippen molar-refractivity contribution < 1.29 is 27.6 Å². The third-order valence-corrected chi connectivity index (χ3v) is 4.46. The Morgan fingerprint density at radius 3 is 2.73 bits per heavy atom. The first-order valence-corrected chi connectivity index (χ1v) is 8.01. The smallest absolute Gasteiger partial charge is 0.168 e. The Balaban J connectivity index is 0.00000242. The molecule has 3 N–H and O–H groups in total. The van der Waals surface area contributed by atoms with E-state index in [4.69, 9.17) is 0 Å². The van der Waals surface area contributed by atoms with Crippen molar-refractivity contribution in [1.82, 2.24) is 0 Å². The molecule has 0 heterocycles. The summed E-state index contributed by atoms with van der Waals surface area (Å²) in [4.78, 5) is 12.1. The van der Waals surface area contributed by atoms with Gasteiger partial charge in [0.15, 0.2) is 5.78 Å². The molecule has 1 saturated carbocycles. The number of aromatic hydroxyl groups is 1. The molecule has 2 unspecified atom stereocenters. The molecule has 0 saturated heterocycles. The number of rotatable bonds is 5. The van der Waals surface area contributed by atoms with Gasteiger partial charge in [0.25, 0.3) is 0 Å². The van der Waals surface area contributed by atoms with E-state index < -0.39 is 0 Å². The second-order valence-corrected chi connectivity index (χ2v) is 7.42. The van der Waals surface area contributed by atoms with Gasteiger partial charge in [-0.3, -0.25) is 4.79 Å². The monoisotopic (exact) mass is 325 g/mol. The van der Waals surface area contributed by atoms with Crippen LogP contribution in [0.3, 0.4) is 0 Å². The van der Waals surface area contributed by atoms with Crippen molar-refractivity contribution >= 4 is 5.78 Å². The number of carbonyl (C=O) groups is 1. The lowest BCUT2D eigenvalue weighted by molar-refractivity contribution is -0.693. The Labute approximate surface area is 139 Å². The fraction of sp³-hybridized carbons (Fsp3) is 0.611. The van der Waals surface area contributed by atoms with Crippen molar-refractivity contribution in [3.05, 3.63) is 29.8 Å². The molecule has 22 heavy (non-hydrogen) atoms. The van der Waals surface area contributed by atoms with Crippen molar-refractivity contribution in [3.8, 4) is 5.75 Å². The van der Waals surface area contributed by atoms with E-state index in [-0.39, 0.29) is 23.9 Å². The fourth-order valence-electron chi connectivity index (χ4n) is 3.87. The first kappa shape index (κ1) is 19.0. The van der Waals surface area contributed by atoms with E-state index in [2.05, 4.69) is 26.1 Å². The fourth-order valence-corrected chi connectivity index (χ4v) is 3.87. The van der Waals surface area contributed by atoms with Gasteiger partial charge in [-0.05, 0) is 29.9 Å². The third kappa shape index (κ3) is 5.62. The highest BCUT2D eigenvalue weighted by atomic mass is 35.5. The normalized spacial score (nSPS) is 23.6. The molecule has 0 spiro atoms. The van der Waals surface area contributed by atoms with E-state index >= 15 is 0 Å². The summed E-state index contributed by atoms with van der Waals surface area (Å²) in [6, 6.07) is 7.27. The summed E-state index contributed by atoms with van der Waals surface area (Å²) in [5.41, 5.74) is 1.04. The molecule has 2 rings (SSSR count). The van der Waals surface area contributed by atoms with Gasteiger partial charge in [0.1, 0.15) is 5.75 Å². The Bertz CT molecular complexity index is 502. The molecule has 0 aromatic heterocycles. The van der Waals surface area contributed by atoms with Crippen LogP contribution in [-0.2, 0) is 0 Å². The van der Waals surface area contributed by atoms with Crippen LogP contribution in [0.2, 0.25) is 0 Å². The van der Waals surface area contributed by atoms with Gasteiger partial charge in [0.2, 0.25) is 0 Å². The minimum absolute atomic E-state index is 0. The highest BCUT2D eigenvalue weighted by molar-refractivity contribution is 5.96. The van der Waals surface area contributed by atoms with Crippen LogP contribution in [0.4, 0.5) is 0 Å².